The minimum absolute atomic E-state index is 0.00784. The molecule has 1 amide bonds. The molecule has 26 heavy (non-hydrogen) atoms. The fourth-order valence-corrected chi connectivity index (χ4v) is 4.98. The molecule has 1 aliphatic carbocycles. The smallest absolute Gasteiger partial charge is 0.261 e. The highest BCUT2D eigenvalue weighted by atomic mass is 32.2. The minimum Gasteiger partial charge on any atom is -0.350 e. The van der Waals surface area contributed by atoms with E-state index in [9.17, 15) is 4.79 Å². The van der Waals surface area contributed by atoms with Crippen LogP contribution in [0.3, 0.4) is 0 Å². The molecule has 1 N–H and O–H groups in total. The first-order chi connectivity index (χ1) is 12.6. The van der Waals surface area contributed by atoms with Gasteiger partial charge in [-0.1, -0.05) is 18.2 Å². The van der Waals surface area contributed by atoms with Crippen LogP contribution in [0.2, 0.25) is 0 Å². The molecule has 0 bridgehead atoms. The Morgan fingerprint density at radius 2 is 2.00 bits per heavy atom. The average Bonchev–Trinajstić information content (AvgIpc) is 3.43. The molecule has 4 rings (SSSR count). The van der Waals surface area contributed by atoms with E-state index < -0.39 is 0 Å². The minimum atomic E-state index is -0.00784. The van der Waals surface area contributed by atoms with E-state index in [4.69, 9.17) is 4.98 Å². The zero-order valence-electron chi connectivity index (χ0n) is 14.9. The van der Waals surface area contributed by atoms with E-state index in [0.717, 1.165) is 37.9 Å². The second-order valence-corrected chi connectivity index (χ2v) is 8.76. The van der Waals surface area contributed by atoms with Crippen LogP contribution in [0, 0.1) is 13.8 Å². The molecule has 6 heteroatoms. The molecule has 4 nitrogen and oxygen atoms in total. The maximum absolute atomic E-state index is 12.6. The van der Waals surface area contributed by atoms with Crippen LogP contribution >= 0.6 is 23.1 Å². The molecule has 1 aliphatic rings. The van der Waals surface area contributed by atoms with Gasteiger partial charge in [0.1, 0.15) is 10.7 Å². The molecule has 134 valence electrons. The van der Waals surface area contributed by atoms with E-state index in [1.807, 2.05) is 32.0 Å². The summed E-state index contributed by atoms with van der Waals surface area (Å²) in [6, 6.07) is 10.2. The SMILES string of the molecule is Cc1nc(C2CC2)nc2sc(C(=O)NCCSc3ccccc3)c(C)c12. The normalized spacial score (nSPS) is 13.9. The van der Waals surface area contributed by atoms with Crippen molar-refractivity contribution in [2.24, 2.45) is 0 Å². The first-order valence-corrected chi connectivity index (χ1v) is 10.7. The van der Waals surface area contributed by atoms with Gasteiger partial charge in [0.15, 0.2) is 0 Å². The lowest BCUT2D eigenvalue weighted by Crippen LogP contribution is -2.25. The van der Waals surface area contributed by atoms with E-state index in [2.05, 4.69) is 22.4 Å². The van der Waals surface area contributed by atoms with Crippen LogP contribution in [0.15, 0.2) is 35.2 Å². The topological polar surface area (TPSA) is 54.9 Å². The number of aromatic nitrogens is 2. The molecule has 3 aromatic rings. The number of nitrogens with one attached hydrogen (secondary N) is 1. The molecule has 1 saturated carbocycles. The molecular formula is C20H21N3OS2. The number of benzene rings is 1. The van der Waals surface area contributed by atoms with Crippen molar-refractivity contribution in [3.8, 4) is 0 Å². The number of thiophene rings is 1. The van der Waals surface area contributed by atoms with Crippen LogP contribution in [-0.2, 0) is 0 Å². The van der Waals surface area contributed by atoms with Crippen LogP contribution in [0.1, 0.15) is 45.5 Å². The summed E-state index contributed by atoms with van der Waals surface area (Å²) in [7, 11) is 0. The Bertz CT molecular complexity index is 949. The third-order valence-electron chi connectivity index (χ3n) is 4.54. The Morgan fingerprint density at radius 1 is 1.23 bits per heavy atom. The van der Waals surface area contributed by atoms with Crippen molar-refractivity contribution >= 4 is 39.2 Å². The fraction of sp³-hybridized carbons (Fsp3) is 0.350. The average molecular weight is 384 g/mol. The molecule has 0 aliphatic heterocycles. The number of carbonyl (C=O) groups is 1. The van der Waals surface area contributed by atoms with Crippen molar-refractivity contribution in [2.75, 3.05) is 12.3 Å². The van der Waals surface area contributed by atoms with Gasteiger partial charge >= 0.3 is 0 Å². The lowest BCUT2D eigenvalue weighted by Gasteiger charge is -2.05. The highest BCUT2D eigenvalue weighted by molar-refractivity contribution is 7.99. The first kappa shape index (κ1) is 17.5. The van der Waals surface area contributed by atoms with Crippen molar-refractivity contribution in [1.29, 1.82) is 0 Å². The second-order valence-electron chi connectivity index (χ2n) is 6.60. The van der Waals surface area contributed by atoms with E-state index >= 15 is 0 Å². The molecule has 0 unspecified atom stereocenters. The van der Waals surface area contributed by atoms with E-state index in [-0.39, 0.29) is 5.91 Å². The summed E-state index contributed by atoms with van der Waals surface area (Å²) in [6.45, 7) is 4.66. The number of carbonyl (C=O) groups excluding carboxylic acids is 1. The predicted molar refractivity (Wildman–Crippen MR) is 108 cm³/mol. The molecule has 1 aromatic carbocycles. The predicted octanol–water partition coefficient (Wildman–Crippen LogP) is 4.71. The van der Waals surface area contributed by atoms with E-state index in [0.29, 0.717) is 12.5 Å². The number of hydrogen-bond donors (Lipinski definition) is 1. The number of fused-ring (bicyclic) bond motifs is 1. The first-order valence-electron chi connectivity index (χ1n) is 8.87. The number of rotatable bonds is 6. The van der Waals surface area contributed by atoms with Gasteiger partial charge in [0.05, 0.1) is 10.6 Å². The van der Waals surface area contributed by atoms with Crippen LogP contribution in [0.5, 0.6) is 0 Å². The highest BCUT2D eigenvalue weighted by Crippen LogP contribution is 2.40. The van der Waals surface area contributed by atoms with Gasteiger partial charge < -0.3 is 5.32 Å². The number of aryl methyl sites for hydroxylation is 2. The standard InChI is InChI=1S/C20H21N3OS2/c1-12-16-13(2)22-18(14-8-9-14)23-20(16)26-17(12)19(24)21-10-11-25-15-6-4-3-5-7-15/h3-7,14H,8-11H2,1-2H3,(H,21,24). The Hall–Kier alpha value is -1.92. The number of thioether (sulfide) groups is 1. The van der Waals surface area contributed by atoms with Crippen molar-refractivity contribution in [2.45, 2.75) is 37.5 Å². The van der Waals surface area contributed by atoms with Gasteiger partial charge in [-0.25, -0.2) is 9.97 Å². The van der Waals surface area contributed by atoms with Gasteiger partial charge in [0.25, 0.3) is 5.91 Å². The summed E-state index contributed by atoms with van der Waals surface area (Å²) < 4.78 is 0. The Morgan fingerprint density at radius 3 is 2.73 bits per heavy atom. The lowest BCUT2D eigenvalue weighted by molar-refractivity contribution is 0.0960. The highest BCUT2D eigenvalue weighted by Gasteiger charge is 2.28. The molecule has 0 saturated heterocycles. The molecule has 2 aromatic heterocycles. The van der Waals surface area contributed by atoms with Crippen LogP contribution in [-0.4, -0.2) is 28.2 Å². The summed E-state index contributed by atoms with van der Waals surface area (Å²) in [5.74, 6) is 2.31. The molecule has 1 fully saturated rings. The zero-order chi connectivity index (χ0) is 18.1. The molecular weight excluding hydrogens is 362 g/mol. The number of amides is 1. The summed E-state index contributed by atoms with van der Waals surface area (Å²) in [5, 5.41) is 4.09. The van der Waals surface area contributed by atoms with Gasteiger partial charge in [-0.05, 0) is 44.4 Å². The lowest BCUT2D eigenvalue weighted by atomic mass is 10.1. The quantitative estimate of drug-likeness (QED) is 0.495. The Kier molecular flexibility index (Phi) is 4.96. The van der Waals surface area contributed by atoms with Crippen LogP contribution < -0.4 is 5.32 Å². The molecule has 0 radical (unpaired) electrons. The largest absolute Gasteiger partial charge is 0.350 e. The Balaban J connectivity index is 1.44. The third-order valence-corrected chi connectivity index (χ3v) is 6.73. The summed E-state index contributed by atoms with van der Waals surface area (Å²) >= 11 is 3.24. The molecule has 0 spiro atoms. The van der Waals surface area contributed by atoms with Crippen molar-refractivity contribution < 1.29 is 4.79 Å². The van der Waals surface area contributed by atoms with Gasteiger partial charge in [0, 0.05) is 28.5 Å². The second kappa shape index (κ2) is 7.37. The van der Waals surface area contributed by atoms with E-state index in [1.165, 1.54) is 29.1 Å². The summed E-state index contributed by atoms with van der Waals surface area (Å²) in [6.07, 6.45) is 2.36. The van der Waals surface area contributed by atoms with Crippen LogP contribution in [0.25, 0.3) is 10.2 Å². The Labute approximate surface area is 161 Å². The van der Waals surface area contributed by atoms with Crippen molar-refractivity contribution in [1.82, 2.24) is 15.3 Å². The van der Waals surface area contributed by atoms with E-state index in [1.54, 1.807) is 11.8 Å². The number of hydrogen-bond acceptors (Lipinski definition) is 5. The van der Waals surface area contributed by atoms with Crippen LogP contribution in [0.4, 0.5) is 0 Å². The maximum atomic E-state index is 12.6. The summed E-state index contributed by atoms with van der Waals surface area (Å²) in [5.41, 5.74) is 1.99. The zero-order valence-corrected chi connectivity index (χ0v) is 16.5. The van der Waals surface area contributed by atoms with Crippen molar-refractivity contribution in [3.05, 3.63) is 52.3 Å². The number of nitrogens with zero attached hydrogens (tertiary/aromatic N) is 2. The van der Waals surface area contributed by atoms with Gasteiger partial charge in [-0.3, -0.25) is 4.79 Å². The third kappa shape index (κ3) is 3.62. The molecule has 2 heterocycles. The van der Waals surface area contributed by atoms with Gasteiger partial charge in [-0.15, -0.1) is 23.1 Å². The summed E-state index contributed by atoms with van der Waals surface area (Å²) in [4.78, 5) is 24.9. The maximum Gasteiger partial charge on any atom is 0.261 e. The van der Waals surface area contributed by atoms with Crippen molar-refractivity contribution in [3.63, 3.8) is 0 Å². The van der Waals surface area contributed by atoms with Gasteiger partial charge in [-0.2, -0.15) is 0 Å². The molecule has 0 atom stereocenters. The fourth-order valence-electron chi connectivity index (χ4n) is 3.03. The van der Waals surface area contributed by atoms with Gasteiger partial charge in [0.2, 0.25) is 0 Å². The monoisotopic (exact) mass is 383 g/mol.